The van der Waals surface area contributed by atoms with Gasteiger partial charge in [0.25, 0.3) is 5.91 Å². The molecule has 26 heavy (non-hydrogen) atoms. The van der Waals surface area contributed by atoms with Crippen LogP contribution in [0, 0.1) is 0 Å². The van der Waals surface area contributed by atoms with Gasteiger partial charge in [0.2, 0.25) is 0 Å². The lowest BCUT2D eigenvalue weighted by Gasteiger charge is -2.17. The first-order valence-corrected chi connectivity index (χ1v) is 8.09. The van der Waals surface area contributed by atoms with Gasteiger partial charge in [-0.2, -0.15) is 0 Å². The van der Waals surface area contributed by atoms with Gasteiger partial charge >= 0.3 is 5.97 Å². The summed E-state index contributed by atoms with van der Waals surface area (Å²) in [5.41, 5.74) is 1.75. The molecule has 0 aliphatic heterocycles. The summed E-state index contributed by atoms with van der Waals surface area (Å²) in [7, 11) is 1.28. The minimum atomic E-state index is -0.851. The van der Waals surface area contributed by atoms with E-state index in [1.165, 1.54) is 19.2 Å². The maximum Gasteiger partial charge on any atom is 0.328 e. The molecule has 0 spiro atoms. The number of esters is 1. The molecule has 0 saturated carbocycles. The maximum atomic E-state index is 12.7. The number of phenolic OH excluding ortho intramolecular Hbond substituents is 1. The number of nitrogens with one attached hydrogen (secondary N) is 1. The second-order valence-electron chi connectivity index (χ2n) is 5.80. The molecule has 132 valence electrons. The zero-order chi connectivity index (χ0) is 18.5. The van der Waals surface area contributed by atoms with E-state index in [-0.39, 0.29) is 12.2 Å². The smallest absolute Gasteiger partial charge is 0.328 e. The molecule has 3 rings (SSSR count). The number of nitrogens with zero attached hydrogens (tertiary/aromatic N) is 1. The van der Waals surface area contributed by atoms with Crippen molar-refractivity contribution in [1.82, 2.24) is 10.3 Å². The number of rotatable bonds is 5. The molecule has 3 aromatic rings. The molecule has 2 N–H and O–H groups in total. The molecule has 0 bridgehead atoms. The molecule has 6 nitrogen and oxygen atoms in total. The van der Waals surface area contributed by atoms with Crippen molar-refractivity contribution in [3.8, 4) is 5.75 Å². The lowest BCUT2D eigenvalue weighted by atomic mass is 10.0. The van der Waals surface area contributed by atoms with E-state index in [0.717, 1.165) is 10.9 Å². The third-order valence-electron chi connectivity index (χ3n) is 4.04. The average molecular weight is 350 g/mol. The van der Waals surface area contributed by atoms with Crippen molar-refractivity contribution in [2.75, 3.05) is 7.11 Å². The number of aromatic hydroxyl groups is 1. The third kappa shape index (κ3) is 3.80. The lowest BCUT2D eigenvalue weighted by Crippen LogP contribution is -2.43. The highest BCUT2D eigenvalue weighted by molar-refractivity contribution is 6.06. The van der Waals surface area contributed by atoms with Gasteiger partial charge < -0.3 is 15.2 Å². The zero-order valence-electron chi connectivity index (χ0n) is 14.2. The quantitative estimate of drug-likeness (QED) is 0.690. The Kier molecular flexibility index (Phi) is 5.12. The van der Waals surface area contributed by atoms with Crippen molar-refractivity contribution < 1.29 is 19.4 Å². The van der Waals surface area contributed by atoms with E-state index in [4.69, 9.17) is 4.74 Å². The second-order valence-corrected chi connectivity index (χ2v) is 5.80. The molecule has 0 saturated heterocycles. The fourth-order valence-electron chi connectivity index (χ4n) is 2.73. The summed E-state index contributed by atoms with van der Waals surface area (Å²) >= 11 is 0. The molecule has 1 amide bonds. The molecule has 1 atom stereocenters. The van der Waals surface area contributed by atoms with E-state index in [2.05, 4.69) is 10.3 Å². The number of amides is 1. The van der Waals surface area contributed by atoms with Gasteiger partial charge in [0.15, 0.2) is 0 Å². The van der Waals surface area contributed by atoms with Gasteiger partial charge in [-0.1, -0.05) is 30.3 Å². The molecular formula is C20H18N2O4. The number of hydrogen-bond acceptors (Lipinski definition) is 5. The highest BCUT2D eigenvalue weighted by Crippen LogP contribution is 2.17. The summed E-state index contributed by atoms with van der Waals surface area (Å²) in [6.45, 7) is 0. The van der Waals surface area contributed by atoms with Crippen molar-refractivity contribution in [2.45, 2.75) is 12.5 Å². The number of carbonyl (C=O) groups is 2. The second kappa shape index (κ2) is 7.65. The number of benzene rings is 2. The van der Waals surface area contributed by atoms with Gasteiger partial charge in [0, 0.05) is 18.0 Å². The molecule has 0 fully saturated rings. The molecule has 1 unspecified atom stereocenters. The SMILES string of the molecule is COC(=O)C(Cc1ccc(O)cc1)NC(=O)c1cccc2cccnc12. The van der Waals surface area contributed by atoms with Crippen LogP contribution in [0.2, 0.25) is 0 Å². The van der Waals surface area contributed by atoms with Crippen LogP contribution in [-0.4, -0.2) is 35.1 Å². The van der Waals surface area contributed by atoms with E-state index in [1.807, 2.05) is 12.1 Å². The average Bonchev–Trinajstić information content (AvgIpc) is 2.68. The highest BCUT2D eigenvalue weighted by Gasteiger charge is 2.23. The molecule has 0 aliphatic rings. The Morgan fingerprint density at radius 3 is 2.58 bits per heavy atom. The predicted octanol–water partition coefficient (Wildman–Crippen LogP) is 2.45. The van der Waals surface area contributed by atoms with Crippen LogP contribution in [0.25, 0.3) is 10.9 Å². The minimum Gasteiger partial charge on any atom is -0.508 e. The van der Waals surface area contributed by atoms with Crippen molar-refractivity contribution in [1.29, 1.82) is 0 Å². The van der Waals surface area contributed by atoms with Crippen LogP contribution in [-0.2, 0) is 16.0 Å². The number of aromatic nitrogens is 1. The number of phenols is 1. The predicted molar refractivity (Wildman–Crippen MR) is 96.8 cm³/mol. The minimum absolute atomic E-state index is 0.134. The van der Waals surface area contributed by atoms with E-state index >= 15 is 0 Å². The van der Waals surface area contributed by atoms with Gasteiger partial charge in [-0.25, -0.2) is 4.79 Å². The summed E-state index contributed by atoms with van der Waals surface area (Å²) < 4.78 is 4.81. The standard InChI is InChI=1S/C20H18N2O4/c1-26-20(25)17(12-13-7-9-15(23)10-8-13)22-19(24)16-6-2-4-14-5-3-11-21-18(14)16/h2-11,17,23H,12H2,1H3,(H,22,24). The van der Waals surface area contributed by atoms with Crippen molar-refractivity contribution >= 4 is 22.8 Å². The molecule has 2 aromatic carbocycles. The Morgan fingerprint density at radius 2 is 1.85 bits per heavy atom. The van der Waals surface area contributed by atoms with Crippen molar-refractivity contribution in [2.24, 2.45) is 0 Å². The first-order chi connectivity index (χ1) is 12.6. The molecule has 0 aliphatic carbocycles. The number of methoxy groups -OCH3 is 1. The summed E-state index contributed by atoms with van der Waals surface area (Å²) in [6, 6.07) is 14.6. The molecule has 6 heteroatoms. The van der Waals surface area contributed by atoms with Crippen LogP contribution in [0.15, 0.2) is 60.8 Å². The summed E-state index contributed by atoms with van der Waals surface area (Å²) in [5.74, 6) is -0.808. The van der Waals surface area contributed by atoms with Crippen LogP contribution in [0.3, 0.4) is 0 Å². The fraction of sp³-hybridized carbons (Fsp3) is 0.150. The normalized spacial score (nSPS) is 11.7. The number of pyridine rings is 1. The van der Waals surface area contributed by atoms with Crippen LogP contribution >= 0.6 is 0 Å². The maximum absolute atomic E-state index is 12.7. The number of carbonyl (C=O) groups excluding carboxylic acids is 2. The van der Waals surface area contributed by atoms with Crippen LogP contribution in [0.4, 0.5) is 0 Å². The van der Waals surface area contributed by atoms with Gasteiger partial charge in [-0.05, 0) is 29.8 Å². The number of ether oxygens (including phenoxy) is 1. The Labute approximate surface area is 150 Å². The van der Waals surface area contributed by atoms with E-state index in [0.29, 0.717) is 11.1 Å². The zero-order valence-corrected chi connectivity index (χ0v) is 14.2. The third-order valence-corrected chi connectivity index (χ3v) is 4.04. The molecule has 1 heterocycles. The van der Waals surface area contributed by atoms with Crippen LogP contribution < -0.4 is 5.32 Å². The fourth-order valence-corrected chi connectivity index (χ4v) is 2.73. The first kappa shape index (κ1) is 17.4. The van der Waals surface area contributed by atoms with Gasteiger partial charge in [-0.15, -0.1) is 0 Å². The Morgan fingerprint density at radius 1 is 1.12 bits per heavy atom. The monoisotopic (exact) mass is 350 g/mol. The van der Waals surface area contributed by atoms with E-state index < -0.39 is 17.9 Å². The number of hydrogen-bond donors (Lipinski definition) is 2. The molecule has 1 aromatic heterocycles. The van der Waals surface area contributed by atoms with E-state index in [1.54, 1.807) is 36.5 Å². The Balaban J connectivity index is 1.85. The summed E-state index contributed by atoms with van der Waals surface area (Å²) in [4.78, 5) is 29.1. The first-order valence-electron chi connectivity index (χ1n) is 8.09. The topological polar surface area (TPSA) is 88.5 Å². The van der Waals surface area contributed by atoms with Crippen LogP contribution in [0.1, 0.15) is 15.9 Å². The summed E-state index contributed by atoms with van der Waals surface area (Å²) in [5, 5.41) is 12.9. The van der Waals surface area contributed by atoms with Gasteiger partial charge in [0.05, 0.1) is 18.2 Å². The number of para-hydroxylation sites is 1. The van der Waals surface area contributed by atoms with Gasteiger partial charge in [-0.3, -0.25) is 9.78 Å². The van der Waals surface area contributed by atoms with Gasteiger partial charge in [0.1, 0.15) is 11.8 Å². The summed E-state index contributed by atoms with van der Waals surface area (Å²) in [6.07, 6.45) is 1.87. The highest BCUT2D eigenvalue weighted by atomic mass is 16.5. The van der Waals surface area contributed by atoms with Crippen LogP contribution in [0.5, 0.6) is 5.75 Å². The van der Waals surface area contributed by atoms with Crippen molar-refractivity contribution in [3.63, 3.8) is 0 Å². The number of fused-ring (bicyclic) bond motifs is 1. The van der Waals surface area contributed by atoms with Crippen molar-refractivity contribution in [3.05, 3.63) is 71.9 Å². The lowest BCUT2D eigenvalue weighted by molar-refractivity contribution is -0.142. The Hall–Kier alpha value is -3.41. The molecular weight excluding hydrogens is 332 g/mol. The Bertz CT molecular complexity index is 933. The molecule has 0 radical (unpaired) electrons. The van der Waals surface area contributed by atoms with E-state index in [9.17, 15) is 14.7 Å². The largest absolute Gasteiger partial charge is 0.508 e.